The molecular weight excluding hydrogens is 306 g/mol. The number of nitrogens with one attached hydrogen (secondary N) is 1. The topological polar surface area (TPSA) is 69.7 Å². The molecule has 1 saturated heterocycles. The quantitative estimate of drug-likeness (QED) is 0.832. The number of nitrogens with zero attached hydrogens (tertiary/aromatic N) is 2. The molecule has 1 N–H and O–H groups in total. The van der Waals surface area contributed by atoms with Crippen molar-refractivity contribution in [1.29, 1.82) is 0 Å². The van der Waals surface area contributed by atoms with Crippen LogP contribution in [0.5, 0.6) is 0 Å². The normalized spacial score (nSPS) is 25.3. The number of hydrogen-bond donors (Lipinski definition) is 1. The zero-order valence-electron chi connectivity index (χ0n) is 13.7. The van der Waals surface area contributed by atoms with Crippen LogP contribution in [0.2, 0.25) is 0 Å². The number of rotatable bonds is 1. The molecule has 0 aromatic heterocycles. The van der Waals surface area contributed by atoms with Gasteiger partial charge in [0.05, 0.1) is 6.04 Å². The van der Waals surface area contributed by atoms with Crippen molar-refractivity contribution in [3.8, 4) is 0 Å². The van der Waals surface area contributed by atoms with Crippen LogP contribution < -0.4 is 5.32 Å². The zero-order chi connectivity index (χ0) is 16.8. The van der Waals surface area contributed by atoms with E-state index in [1.165, 1.54) is 6.92 Å². The van der Waals surface area contributed by atoms with Gasteiger partial charge in [-0.2, -0.15) is 0 Å². The van der Waals surface area contributed by atoms with Crippen molar-refractivity contribution < 1.29 is 14.4 Å². The maximum absolute atomic E-state index is 13.1. The molecule has 0 bridgehead atoms. The summed E-state index contributed by atoms with van der Waals surface area (Å²) in [5.74, 6) is -0.0891. The summed E-state index contributed by atoms with van der Waals surface area (Å²) < 4.78 is 0. The van der Waals surface area contributed by atoms with Crippen molar-refractivity contribution in [3.63, 3.8) is 0 Å². The molecule has 1 unspecified atom stereocenters. The Labute approximate surface area is 140 Å². The first kappa shape index (κ1) is 15.2. The molecule has 4 rings (SSSR count). The molecule has 3 aliphatic rings. The van der Waals surface area contributed by atoms with Crippen LogP contribution >= 0.6 is 0 Å². The van der Waals surface area contributed by atoms with Crippen LogP contribution in [0.1, 0.15) is 47.3 Å². The summed E-state index contributed by atoms with van der Waals surface area (Å²) in [4.78, 5) is 40.6. The second kappa shape index (κ2) is 5.61. The summed E-state index contributed by atoms with van der Waals surface area (Å²) in [7, 11) is 0. The molecule has 0 spiro atoms. The van der Waals surface area contributed by atoms with Crippen LogP contribution in [0.15, 0.2) is 18.2 Å². The van der Waals surface area contributed by atoms with Crippen LogP contribution in [0.4, 0.5) is 0 Å². The number of carbonyl (C=O) groups is 3. The fraction of sp³-hybridized carbons (Fsp3) is 0.500. The van der Waals surface area contributed by atoms with Crippen LogP contribution in [0.3, 0.4) is 0 Å². The van der Waals surface area contributed by atoms with Gasteiger partial charge in [-0.1, -0.05) is 12.1 Å². The Morgan fingerprint density at radius 1 is 1.21 bits per heavy atom. The molecule has 6 nitrogen and oxygen atoms in total. The van der Waals surface area contributed by atoms with Gasteiger partial charge in [0.25, 0.3) is 5.91 Å². The molecule has 1 aromatic carbocycles. The van der Waals surface area contributed by atoms with Crippen molar-refractivity contribution in [3.05, 3.63) is 34.9 Å². The fourth-order valence-electron chi connectivity index (χ4n) is 4.33. The molecule has 0 saturated carbocycles. The minimum absolute atomic E-state index is 0.0179. The minimum Gasteiger partial charge on any atom is -0.350 e. The molecule has 1 aromatic rings. The fourth-order valence-corrected chi connectivity index (χ4v) is 4.33. The third-order valence-electron chi connectivity index (χ3n) is 5.45. The highest BCUT2D eigenvalue weighted by Crippen LogP contribution is 2.36. The summed E-state index contributed by atoms with van der Waals surface area (Å²) in [5, 5.41) is 2.90. The van der Waals surface area contributed by atoms with Crippen molar-refractivity contribution in [2.45, 2.75) is 38.3 Å². The monoisotopic (exact) mass is 327 g/mol. The lowest BCUT2D eigenvalue weighted by molar-refractivity contribution is -0.144. The second-order valence-corrected chi connectivity index (χ2v) is 6.76. The maximum atomic E-state index is 13.1. The third-order valence-corrected chi connectivity index (χ3v) is 5.45. The first-order valence-corrected chi connectivity index (χ1v) is 8.55. The van der Waals surface area contributed by atoms with Crippen molar-refractivity contribution in [2.24, 2.45) is 0 Å². The molecule has 3 aliphatic heterocycles. The number of likely N-dealkylation sites (tertiary alicyclic amines) is 1. The molecule has 0 radical (unpaired) electrons. The summed E-state index contributed by atoms with van der Waals surface area (Å²) >= 11 is 0. The molecule has 0 aliphatic carbocycles. The van der Waals surface area contributed by atoms with E-state index in [4.69, 9.17) is 0 Å². The summed E-state index contributed by atoms with van der Waals surface area (Å²) in [6.45, 7) is 3.26. The van der Waals surface area contributed by atoms with E-state index in [0.29, 0.717) is 25.2 Å². The van der Waals surface area contributed by atoms with Gasteiger partial charge >= 0.3 is 0 Å². The second-order valence-electron chi connectivity index (χ2n) is 6.76. The van der Waals surface area contributed by atoms with Gasteiger partial charge < -0.3 is 15.1 Å². The number of benzene rings is 1. The van der Waals surface area contributed by atoms with E-state index in [9.17, 15) is 14.4 Å². The molecule has 2 atom stereocenters. The maximum Gasteiger partial charge on any atom is 0.251 e. The van der Waals surface area contributed by atoms with Gasteiger partial charge in [-0.05, 0) is 36.5 Å². The van der Waals surface area contributed by atoms with Gasteiger partial charge in [0, 0.05) is 32.1 Å². The van der Waals surface area contributed by atoms with Gasteiger partial charge in [0.2, 0.25) is 11.8 Å². The van der Waals surface area contributed by atoms with Crippen molar-refractivity contribution >= 4 is 17.7 Å². The SMILES string of the molecule is CC(=O)N1CCC[C@@H]1C(=O)N1CCc2cccc3c2C1CNC3=O. The summed E-state index contributed by atoms with van der Waals surface area (Å²) in [6, 6.07) is 5.30. The average Bonchev–Trinajstić information content (AvgIpc) is 3.07. The number of amides is 3. The Hall–Kier alpha value is -2.37. The molecule has 1 fully saturated rings. The van der Waals surface area contributed by atoms with Gasteiger partial charge in [-0.25, -0.2) is 0 Å². The highest BCUT2D eigenvalue weighted by molar-refractivity contribution is 5.98. The Morgan fingerprint density at radius 2 is 2.04 bits per heavy atom. The number of carbonyl (C=O) groups excluding carboxylic acids is 3. The first-order valence-electron chi connectivity index (χ1n) is 8.55. The highest BCUT2D eigenvalue weighted by Gasteiger charge is 2.42. The Morgan fingerprint density at radius 3 is 2.83 bits per heavy atom. The Balaban J connectivity index is 1.67. The third kappa shape index (κ3) is 2.20. The van der Waals surface area contributed by atoms with Crippen LogP contribution in [0, 0.1) is 0 Å². The van der Waals surface area contributed by atoms with Crippen LogP contribution in [-0.2, 0) is 16.0 Å². The smallest absolute Gasteiger partial charge is 0.251 e. The van der Waals surface area contributed by atoms with E-state index in [2.05, 4.69) is 5.32 Å². The van der Waals surface area contributed by atoms with E-state index in [-0.39, 0.29) is 29.8 Å². The van der Waals surface area contributed by atoms with E-state index < -0.39 is 0 Å². The Bertz CT molecular complexity index is 730. The van der Waals surface area contributed by atoms with Crippen molar-refractivity contribution in [2.75, 3.05) is 19.6 Å². The predicted octanol–water partition coefficient (Wildman–Crippen LogP) is 0.867. The van der Waals surface area contributed by atoms with Crippen LogP contribution in [0.25, 0.3) is 0 Å². The lowest BCUT2D eigenvalue weighted by atomic mass is 9.85. The van der Waals surface area contributed by atoms with Gasteiger partial charge in [-0.3, -0.25) is 14.4 Å². The summed E-state index contributed by atoms with van der Waals surface area (Å²) in [5.41, 5.74) is 2.83. The first-order chi connectivity index (χ1) is 11.6. The standard InChI is InChI=1S/C18H21N3O3/c1-11(22)20-8-3-6-14(20)18(24)21-9-7-12-4-2-5-13-16(12)15(21)10-19-17(13)23/h2,4-5,14-15H,3,6-10H2,1H3,(H,19,23)/t14-,15?/m1/s1. The number of hydrogen-bond acceptors (Lipinski definition) is 3. The largest absolute Gasteiger partial charge is 0.350 e. The molecule has 6 heteroatoms. The van der Waals surface area contributed by atoms with Gasteiger partial charge in [0.1, 0.15) is 6.04 Å². The van der Waals surface area contributed by atoms with E-state index in [1.54, 1.807) is 4.90 Å². The summed E-state index contributed by atoms with van der Waals surface area (Å²) in [6.07, 6.45) is 2.35. The lowest BCUT2D eigenvalue weighted by Crippen LogP contribution is -2.54. The van der Waals surface area contributed by atoms with Crippen LogP contribution in [-0.4, -0.2) is 53.2 Å². The minimum atomic E-state index is -0.353. The molecule has 24 heavy (non-hydrogen) atoms. The van der Waals surface area contributed by atoms with E-state index in [1.807, 2.05) is 23.1 Å². The lowest BCUT2D eigenvalue weighted by Gasteiger charge is -2.42. The van der Waals surface area contributed by atoms with Crippen molar-refractivity contribution in [1.82, 2.24) is 15.1 Å². The molecule has 126 valence electrons. The zero-order valence-corrected chi connectivity index (χ0v) is 13.7. The van der Waals surface area contributed by atoms with Gasteiger partial charge in [0.15, 0.2) is 0 Å². The highest BCUT2D eigenvalue weighted by atomic mass is 16.2. The average molecular weight is 327 g/mol. The molecule has 3 heterocycles. The molecular formula is C18H21N3O3. The van der Waals surface area contributed by atoms with E-state index >= 15 is 0 Å². The molecule has 3 amide bonds. The van der Waals surface area contributed by atoms with Gasteiger partial charge in [-0.15, -0.1) is 0 Å². The Kier molecular flexibility index (Phi) is 3.55. The van der Waals surface area contributed by atoms with E-state index in [0.717, 1.165) is 30.4 Å². The predicted molar refractivity (Wildman–Crippen MR) is 87.3 cm³/mol.